The normalized spacial score (nSPS) is 11.6. The average Bonchev–Trinajstić information content (AvgIpc) is 2.70. The van der Waals surface area contributed by atoms with Crippen LogP contribution < -0.4 is 10.1 Å². The molecule has 1 N–H and O–H groups in total. The molecule has 0 fully saturated rings. The van der Waals surface area contributed by atoms with Gasteiger partial charge < -0.3 is 10.1 Å². The van der Waals surface area contributed by atoms with E-state index in [-0.39, 0.29) is 11.4 Å². The molecule has 3 rings (SSSR count). The lowest BCUT2D eigenvalue weighted by atomic mass is 10.1. The van der Waals surface area contributed by atoms with Crippen molar-refractivity contribution in [3.05, 3.63) is 60.3 Å². The van der Waals surface area contributed by atoms with E-state index in [2.05, 4.69) is 10.3 Å². The lowest BCUT2D eigenvalue weighted by Gasteiger charge is -2.19. The van der Waals surface area contributed by atoms with Gasteiger partial charge in [0, 0.05) is 24.0 Å². The summed E-state index contributed by atoms with van der Waals surface area (Å²) < 4.78 is 32.9. The molecule has 7 nitrogen and oxygen atoms in total. The molecule has 0 unspecified atom stereocenters. The van der Waals surface area contributed by atoms with E-state index in [1.54, 1.807) is 30.5 Å². The molecule has 0 spiro atoms. The molecular formula is C21H23N3O4S. The molecular weight excluding hydrogens is 390 g/mol. The largest absolute Gasteiger partial charge is 0.493 e. The van der Waals surface area contributed by atoms with Crippen LogP contribution in [-0.2, 0) is 14.8 Å². The molecule has 0 saturated heterocycles. The molecule has 1 heterocycles. The number of aryl methyl sites for hydroxylation is 1. The molecule has 1 amide bonds. The van der Waals surface area contributed by atoms with Crippen molar-refractivity contribution in [2.24, 2.45) is 0 Å². The van der Waals surface area contributed by atoms with E-state index >= 15 is 0 Å². The Bertz CT molecular complexity index is 1130. The summed E-state index contributed by atoms with van der Waals surface area (Å²) >= 11 is 0. The maximum atomic E-state index is 13.1. The van der Waals surface area contributed by atoms with Crippen molar-refractivity contribution in [1.29, 1.82) is 0 Å². The van der Waals surface area contributed by atoms with Crippen LogP contribution in [0.4, 0.5) is 5.82 Å². The van der Waals surface area contributed by atoms with E-state index in [9.17, 15) is 13.2 Å². The van der Waals surface area contributed by atoms with Crippen molar-refractivity contribution >= 4 is 32.5 Å². The monoisotopic (exact) mass is 413 g/mol. The third-order valence-electron chi connectivity index (χ3n) is 4.38. The number of aromatic nitrogens is 1. The first-order valence-corrected chi connectivity index (χ1v) is 10.6. The van der Waals surface area contributed by atoms with Gasteiger partial charge in [0.2, 0.25) is 15.9 Å². The van der Waals surface area contributed by atoms with Crippen molar-refractivity contribution in [3.63, 3.8) is 0 Å². The average molecular weight is 413 g/mol. The maximum absolute atomic E-state index is 13.1. The maximum Gasteiger partial charge on any atom is 0.243 e. The number of fused-ring (bicyclic) bond motifs is 1. The van der Waals surface area contributed by atoms with Gasteiger partial charge >= 0.3 is 0 Å². The molecule has 0 saturated carbocycles. The summed E-state index contributed by atoms with van der Waals surface area (Å²) in [5.74, 6) is 0.522. The van der Waals surface area contributed by atoms with Gasteiger partial charge in [-0.1, -0.05) is 30.3 Å². The lowest BCUT2D eigenvalue weighted by molar-refractivity contribution is -0.116. The van der Waals surface area contributed by atoms with E-state index in [0.717, 1.165) is 9.87 Å². The molecule has 152 valence electrons. The minimum absolute atomic E-state index is 0.125. The number of pyridine rings is 1. The zero-order chi connectivity index (χ0) is 21.0. The summed E-state index contributed by atoms with van der Waals surface area (Å²) in [6, 6.07) is 13.8. The number of sulfonamides is 1. The number of benzene rings is 2. The number of nitrogens with zero attached hydrogens (tertiary/aromatic N) is 2. The van der Waals surface area contributed by atoms with Gasteiger partial charge in [0.1, 0.15) is 11.6 Å². The molecule has 0 aliphatic heterocycles. The van der Waals surface area contributed by atoms with Gasteiger partial charge in [-0.15, -0.1) is 0 Å². The lowest BCUT2D eigenvalue weighted by Crippen LogP contribution is -2.35. The SMILES string of the molecule is CCOc1ccc(S(=O)(=O)N(C)CC(=O)Nc2ccc(C)cn2)c2ccccc12. The minimum atomic E-state index is -3.89. The van der Waals surface area contributed by atoms with E-state index < -0.39 is 15.9 Å². The zero-order valence-electron chi connectivity index (χ0n) is 16.5. The molecule has 3 aromatic rings. The highest BCUT2D eigenvalue weighted by atomic mass is 32.2. The summed E-state index contributed by atoms with van der Waals surface area (Å²) in [5.41, 5.74) is 0.963. The van der Waals surface area contributed by atoms with Gasteiger partial charge in [-0.3, -0.25) is 4.79 Å². The van der Waals surface area contributed by atoms with Crippen LogP contribution in [0.3, 0.4) is 0 Å². The van der Waals surface area contributed by atoms with Crippen LogP contribution in [0.15, 0.2) is 59.6 Å². The van der Waals surface area contributed by atoms with E-state index in [1.165, 1.54) is 13.1 Å². The van der Waals surface area contributed by atoms with Crippen LogP contribution in [0.2, 0.25) is 0 Å². The first-order chi connectivity index (χ1) is 13.8. The topological polar surface area (TPSA) is 88.6 Å². The Morgan fingerprint density at radius 2 is 1.83 bits per heavy atom. The summed E-state index contributed by atoms with van der Waals surface area (Å²) in [4.78, 5) is 16.5. The van der Waals surface area contributed by atoms with Crippen LogP contribution in [0.25, 0.3) is 10.8 Å². The number of carbonyl (C=O) groups excluding carboxylic acids is 1. The second kappa shape index (κ2) is 8.59. The molecule has 0 aliphatic carbocycles. The number of nitrogens with one attached hydrogen (secondary N) is 1. The van der Waals surface area contributed by atoms with Crippen LogP contribution in [-0.4, -0.2) is 43.8 Å². The first kappa shape index (κ1) is 20.8. The second-order valence-electron chi connectivity index (χ2n) is 6.57. The van der Waals surface area contributed by atoms with Gasteiger partial charge in [0.05, 0.1) is 18.0 Å². The molecule has 0 radical (unpaired) electrons. The standard InChI is InChI=1S/C21H23N3O4S/c1-4-28-18-10-11-19(17-8-6-5-7-16(17)18)29(26,27)24(3)14-21(25)23-20-12-9-15(2)13-22-20/h5-13H,4,14H2,1-3H3,(H,22,23,25). The van der Waals surface area contributed by atoms with Crippen LogP contribution in [0.1, 0.15) is 12.5 Å². The third-order valence-corrected chi connectivity index (χ3v) is 6.24. The summed E-state index contributed by atoms with van der Waals surface area (Å²) in [7, 11) is -2.52. The molecule has 0 aliphatic rings. The Labute approximate surface area is 170 Å². The number of anilines is 1. The highest BCUT2D eigenvalue weighted by Gasteiger charge is 2.26. The van der Waals surface area contributed by atoms with E-state index in [4.69, 9.17) is 4.74 Å². The first-order valence-electron chi connectivity index (χ1n) is 9.16. The van der Waals surface area contributed by atoms with E-state index in [1.807, 2.05) is 32.0 Å². The quantitative estimate of drug-likeness (QED) is 0.643. The number of amides is 1. The Morgan fingerprint density at radius 1 is 1.10 bits per heavy atom. The summed E-state index contributed by atoms with van der Waals surface area (Å²) in [6.45, 7) is 3.90. The van der Waals surface area contributed by atoms with Crippen molar-refractivity contribution in [2.75, 3.05) is 25.5 Å². The number of rotatable bonds is 7. The highest BCUT2D eigenvalue weighted by Crippen LogP contribution is 2.32. The van der Waals surface area contributed by atoms with Crippen molar-refractivity contribution in [2.45, 2.75) is 18.7 Å². The predicted octanol–water partition coefficient (Wildman–Crippen LogP) is 3.20. The second-order valence-corrected chi connectivity index (χ2v) is 8.58. The Hall–Kier alpha value is -2.97. The van der Waals surface area contributed by atoms with Gasteiger partial charge in [-0.05, 0) is 37.6 Å². The Kier molecular flexibility index (Phi) is 6.14. The molecule has 2 aromatic carbocycles. The van der Waals surface area contributed by atoms with Crippen molar-refractivity contribution in [3.8, 4) is 5.75 Å². The van der Waals surface area contributed by atoms with Crippen molar-refractivity contribution in [1.82, 2.24) is 9.29 Å². The predicted molar refractivity (Wildman–Crippen MR) is 113 cm³/mol. The smallest absolute Gasteiger partial charge is 0.243 e. The number of carbonyl (C=O) groups is 1. The fourth-order valence-electron chi connectivity index (χ4n) is 2.93. The van der Waals surface area contributed by atoms with Crippen LogP contribution >= 0.6 is 0 Å². The number of likely N-dealkylation sites (N-methyl/N-ethyl adjacent to an activating group) is 1. The van der Waals surface area contributed by atoms with Gasteiger partial charge in [0.25, 0.3) is 0 Å². The van der Waals surface area contributed by atoms with Crippen molar-refractivity contribution < 1.29 is 17.9 Å². The van der Waals surface area contributed by atoms with Gasteiger partial charge in [0.15, 0.2) is 0 Å². The van der Waals surface area contributed by atoms with Crippen LogP contribution in [0.5, 0.6) is 5.75 Å². The molecule has 0 atom stereocenters. The van der Waals surface area contributed by atoms with Crippen LogP contribution in [0, 0.1) is 6.92 Å². The molecule has 29 heavy (non-hydrogen) atoms. The Balaban J connectivity index is 1.85. The number of hydrogen-bond acceptors (Lipinski definition) is 5. The fraction of sp³-hybridized carbons (Fsp3) is 0.238. The summed E-state index contributed by atoms with van der Waals surface area (Å²) in [6.07, 6.45) is 1.63. The molecule has 1 aromatic heterocycles. The Morgan fingerprint density at radius 3 is 2.48 bits per heavy atom. The minimum Gasteiger partial charge on any atom is -0.493 e. The fourth-order valence-corrected chi connectivity index (χ4v) is 4.25. The highest BCUT2D eigenvalue weighted by molar-refractivity contribution is 7.89. The molecule has 8 heteroatoms. The number of ether oxygens (including phenoxy) is 1. The molecule has 0 bridgehead atoms. The third kappa shape index (κ3) is 4.55. The van der Waals surface area contributed by atoms with Gasteiger partial charge in [-0.2, -0.15) is 4.31 Å². The summed E-state index contributed by atoms with van der Waals surface area (Å²) in [5, 5.41) is 3.86. The zero-order valence-corrected chi connectivity index (χ0v) is 17.4. The van der Waals surface area contributed by atoms with E-state index in [0.29, 0.717) is 28.9 Å². The number of hydrogen-bond donors (Lipinski definition) is 1. The van der Waals surface area contributed by atoms with Gasteiger partial charge in [-0.25, -0.2) is 13.4 Å².